The number of nitrogens with two attached hydrogens (primary N) is 1. The van der Waals surface area contributed by atoms with Crippen LogP contribution in [0.3, 0.4) is 0 Å². The van der Waals surface area contributed by atoms with Crippen LogP contribution in [0.15, 0.2) is 17.3 Å². The summed E-state index contributed by atoms with van der Waals surface area (Å²) < 4.78 is 26.1. The van der Waals surface area contributed by atoms with Gasteiger partial charge in [0.05, 0.1) is 6.20 Å². The molecule has 0 aliphatic heterocycles. The van der Waals surface area contributed by atoms with Gasteiger partial charge < -0.3 is 5.73 Å². The average molecular weight is 246 g/mol. The van der Waals surface area contributed by atoms with Crippen LogP contribution in [0.4, 0.5) is 0 Å². The molecule has 0 radical (unpaired) electrons. The van der Waals surface area contributed by atoms with E-state index in [0.717, 1.165) is 19.3 Å². The minimum absolute atomic E-state index is 0.0717. The van der Waals surface area contributed by atoms with Crippen molar-refractivity contribution in [1.82, 2.24) is 14.9 Å². The number of rotatable bonds is 7. The zero-order valence-electron chi connectivity index (χ0n) is 9.31. The van der Waals surface area contributed by atoms with E-state index in [-0.39, 0.29) is 11.1 Å². The smallest absolute Gasteiger partial charge is 0.257 e. The molecule has 1 unspecified atom stereocenters. The molecule has 0 amide bonds. The molecule has 0 saturated heterocycles. The Kier molecular flexibility index (Phi) is 4.91. The number of hydrogen-bond acceptors (Lipinski definition) is 4. The number of nitrogens with zero attached hydrogens (tertiary/aromatic N) is 1. The molecule has 0 fully saturated rings. The fourth-order valence-corrected chi connectivity index (χ4v) is 2.54. The fraction of sp³-hybridized carbons (Fsp3) is 0.667. The first kappa shape index (κ1) is 13.1. The first-order chi connectivity index (χ1) is 7.60. The van der Waals surface area contributed by atoms with E-state index in [1.165, 1.54) is 12.3 Å². The van der Waals surface area contributed by atoms with Crippen LogP contribution in [0.5, 0.6) is 0 Å². The minimum Gasteiger partial charge on any atom is -0.329 e. The quantitative estimate of drug-likeness (QED) is 0.640. The van der Waals surface area contributed by atoms with Crippen molar-refractivity contribution >= 4 is 10.0 Å². The first-order valence-corrected chi connectivity index (χ1v) is 6.80. The van der Waals surface area contributed by atoms with Crippen molar-refractivity contribution in [2.45, 2.75) is 37.3 Å². The Hall–Kier alpha value is -0.920. The molecule has 0 aromatic carbocycles. The van der Waals surface area contributed by atoms with Crippen LogP contribution in [0.2, 0.25) is 0 Å². The molecule has 6 nitrogen and oxygen atoms in total. The Morgan fingerprint density at radius 1 is 1.62 bits per heavy atom. The highest BCUT2D eigenvalue weighted by atomic mass is 32.2. The van der Waals surface area contributed by atoms with Crippen LogP contribution >= 0.6 is 0 Å². The number of aromatic amines is 1. The van der Waals surface area contributed by atoms with Gasteiger partial charge in [0.25, 0.3) is 10.0 Å². The van der Waals surface area contributed by atoms with Gasteiger partial charge >= 0.3 is 0 Å². The zero-order valence-corrected chi connectivity index (χ0v) is 10.1. The van der Waals surface area contributed by atoms with Crippen molar-refractivity contribution in [3.8, 4) is 0 Å². The number of H-pyrrole nitrogens is 1. The highest BCUT2D eigenvalue weighted by Crippen LogP contribution is 2.06. The van der Waals surface area contributed by atoms with Crippen molar-refractivity contribution in [3.05, 3.63) is 12.3 Å². The Morgan fingerprint density at radius 2 is 2.38 bits per heavy atom. The molecule has 1 heterocycles. The second kappa shape index (κ2) is 5.97. The van der Waals surface area contributed by atoms with Gasteiger partial charge in [-0.25, -0.2) is 13.1 Å². The SMILES string of the molecule is CCCCC(CN)NS(=O)(=O)c1ccn[nH]1. The van der Waals surface area contributed by atoms with E-state index >= 15 is 0 Å². The maximum atomic E-state index is 11.8. The molecule has 1 rings (SSSR count). The Balaban J connectivity index is 2.64. The number of nitrogens with one attached hydrogen (secondary N) is 2. The van der Waals surface area contributed by atoms with Gasteiger partial charge in [-0.05, 0) is 12.5 Å². The van der Waals surface area contributed by atoms with Crippen LogP contribution in [0, 0.1) is 0 Å². The summed E-state index contributed by atoms with van der Waals surface area (Å²) in [6.07, 6.45) is 4.12. The summed E-state index contributed by atoms with van der Waals surface area (Å²) in [4.78, 5) is 0. The van der Waals surface area contributed by atoms with Crippen LogP contribution in [0.25, 0.3) is 0 Å². The Morgan fingerprint density at radius 3 is 2.88 bits per heavy atom. The number of aromatic nitrogens is 2. The third-order valence-electron chi connectivity index (χ3n) is 2.28. The van der Waals surface area contributed by atoms with Gasteiger partial charge in [0, 0.05) is 12.6 Å². The van der Waals surface area contributed by atoms with E-state index in [9.17, 15) is 8.42 Å². The number of hydrogen-bond donors (Lipinski definition) is 3. The van der Waals surface area contributed by atoms with E-state index in [0.29, 0.717) is 6.54 Å². The molecule has 1 aromatic heterocycles. The van der Waals surface area contributed by atoms with Gasteiger partial charge in [-0.1, -0.05) is 19.8 Å². The molecule has 1 atom stereocenters. The largest absolute Gasteiger partial charge is 0.329 e. The predicted molar refractivity (Wildman–Crippen MR) is 61.3 cm³/mol. The third kappa shape index (κ3) is 3.58. The van der Waals surface area contributed by atoms with Crippen molar-refractivity contribution < 1.29 is 8.42 Å². The molecule has 0 bridgehead atoms. The maximum Gasteiger partial charge on any atom is 0.257 e. The summed E-state index contributed by atoms with van der Waals surface area (Å²) in [5.74, 6) is 0. The van der Waals surface area contributed by atoms with E-state index in [2.05, 4.69) is 21.8 Å². The molecule has 16 heavy (non-hydrogen) atoms. The monoisotopic (exact) mass is 246 g/mol. The summed E-state index contributed by atoms with van der Waals surface area (Å²) >= 11 is 0. The number of sulfonamides is 1. The lowest BCUT2D eigenvalue weighted by molar-refractivity contribution is 0.514. The fourth-order valence-electron chi connectivity index (χ4n) is 1.35. The molecule has 92 valence electrons. The second-order valence-electron chi connectivity index (χ2n) is 3.62. The molecular formula is C9H18N4O2S. The van der Waals surface area contributed by atoms with E-state index in [4.69, 9.17) is 5.73 Å². The van der Waals surface area contributed by atoms with Gasteiger partial charge in [-0.15, -0.1) is 0 Å². The van der Waals surface area contributed by atoms with Crippen LogP contribution in [-0.4, -0.2) is 31.2 Å². The summed E-state index contributed by atoms with van der Waals surface area (Å²) in [6, 6.07) is 1.20. The molecule has 0 aliphatic rings. The van der Waals surface area contributed by atoms with Crippen LogP contribution < -0.4 is 10.5 Å². The lowest BCUT2D eigenvalue weighted by atomic mass is 10.1. The summed E-state index contributed by atoms with van der Waals surface area (Å²) in [6.45, 7) is 2.35. The van der Waals surface area contributed by atoms with E-state index in [1.54, 1.807) is 0 Å². The maximum absolute atomic E-state index is 11.8. The molecular weight excluding hydrogens is 228 g/mol. The third-order valence-corrected chi connectivity index (χ3v) is 3.73. The summed E-state index contributed by atoms with van der Waals surface area (Å²) in [7, 11) is -3.51. The predicted octanol–water partition coefficient (Wildman–Crippen LogP) is 0.206. The van der Waals surface area contributed by atoms with Crippen LogP contribution in [0.1, 0.15) is 26.2 Å². The van der Waals surface area contributed by atoms with Gasteiger partial charge in [-0.3, -0.25) is 5.10 Å². The highest BCUT2D eigenvalue weighted by molar-refractivity contribution is 7.89. The van der Waals surface area contributed by atoms with E-state index in [1.807, 2.05) is 0 Å². The molecule has 0 aliphatic carbocycles. The van der Waals surface area contributed by atoms with Gasteiger partial charge in [0.2, 0.25) is 0 Å². The highest BCUT2D eigenvalue weighted by Gasteiger charge is 2.19. The Bertz CT molecular complexity index is 388. The topological polar surface area (TPSA) is 101 Å². The number of unbranched alkanes of at least 4 members (excludes halogenated alkanes) is 1. The normalized spacial score (nSPS) is 13.9. The van der Waals surface area contributed by atoms with Crippen LogP contribution in [-0.2, 0) is 10.0 Å². The lowest BCUT2D eigenvalue weighted by Crippen LogP contribution is -2.40. The van der Waals surface area contributed by atoms with E-state index < -0.39 is 10.0 Å². The standard InChI is InChI=1S/C9H18N4O2S/c1-2-3-4-8(7-10)13-16(14,15)9-5-6-11-12-9/h5-6,8,13H,2-4,7,10H2,1H3,(H,11,12). The Labute approximate surface area is 95.7 Å². The minimum atomic E-state index is -3.51. The van der Waals surface area contributed by atoms with Crippen molar-refractivity contribution in [1.29, 1.82) is 0 Å². The van der Waals surface area contributed by atoms with Gasteiger partial charge in [0.1, 0.15) is 0 Å². The summed E-state index contributed by atoms with van der Waals surface area (Å²) in [5.41, 5.74) is 5.52. The first-order valence-electron chi connectivity index (χ1n) is 5.32. The molecule has 7 heteroatoms. The van der Waals surface area contributed by atoms with Crippen molar-refractivity contribution in [2.24, 2.45) is 5.73 Å². The molecule has 4 N–H and O–H groups in total. The average Bonchev–Trinajstić information content (AvgIpc) is 2.78. The molecule has 0 saturated carbocycles. The summed E-state index contributed by atoms with van der Waals surface area (Å²) in [5, 5.41) is 6.10. The van der Waals surface area contributed by atoms with Crippen molar-refractivity contribution in [2.75, 3.05) is 6.54 Å². The zero-order chi connectivity index (χ0) is 12.0. The second-order valence-corrected chi connectivity index (χ2v) is 5.30. The lowest BCUT2D eigenvalue weighted by Gasteiger charge is -2.15. The van der Waals surface area contributed by atoms with Gasteiger partial charge in [-0.2, -0.15) is 5.10 Å². The molecule has 0 spiro atoms. The van der Waals surface area contributed by atoms with Gasteiger partial charge in [0.15, 0.2) is 5.03 Å². The van der Waals surface area contributed by atoms with Crippen molar-refractivity contribution in [3.63, 3.8) is 0 Å². The molecule has 1 aromatic rings.